The minimum Gasteiger partial charge on any atom is -0.493 e. The molecule has 2 N–H and O–H groups in total. The Kier molecular flexibility index (Phi) is 6.92. The summed E-state index contributed by atoms with van der Waals surface area (Å²) in [6, 6.07) is 10.3. The topological polar surface area (TPSA) is 89.1 Å². The molecule has 8 heteroatoms. The number of amides is 3. The fraction of sp³-hybridized carbons (Fsp3) is 0.333. The zero-order valence-corrected chi connectivity index (χ0v) is 18.9. The van der Waals surface area contributed by atoms with Gasteiger partial charge < -0.3 is 29.7 Å². The minimum absolute atomic E-state index is 0.0637. The van der Waals surface area contributed by atoms with E-state index in [-0.39, 0.29) is 18.5 Å². The van der Waals surface area contributed by atoms with Crippen molar-refractivity contribution in [3.63, 3.8) is 0 Å². The fourth-order valence-electron chi connectivity index (χ4n) is 3.38. The van der Waals surface area contributed by atoms with Crippen LogP contribution in [0.1, 0.15) is 19.4 Å². The highest BCUT2D eigenvalue weighted by Gasteiger charge is 2.37. The molecule has 0 aromatic heterocycles. The molecule has 3 rings (SSSR count). The lowest BCUT2D eigenvalue weighted by Crippen LogP contribution is -2.42. The van der Waals surface area contributed by atoms with Gasteiger partial charge in [-0.15, -0.1) is 6.58 Å². The van der Waals surface area contributed by atoms with E-state index in [1.807, 2.05) is 19.9 Å². The van der Waals surface area contributed by atoms with Crippen LogP contribution in [0.15, 0.2) is 49.1 Å². The van der Waals surface area contributed by atoms with Gasteiger partial charge in [0.15, 0.2) is 11.5 Å². The third-order valence-corrected chi connectivity index (χ3v) is 5.13. The molecule has 1 heterocycles. The fourth-order valence-corrected chi connectivity index (χ4v) is 3.38. The standard InChI is InChI=1S/C24H29N3O5/c1-6-11-27-18-13-17(8-10-19(18)32-15-24(2,3)22(27)28)26-23(29)25-14-16-7-9-20(30-4)21(12-16)31-5/h6-10,12-13H,1,11,14-15H2,2-5H3,(H2,25,26,29). The highest BCUT2D eigenvalue weighted by Crippen LogP contribution is 2.38. The van der Waals surface area contributed by atoms with E-state index in [1.165, 1.54) is 0 Å². The van der Waals surface area contributed by atoms with E-state index < -0.39 is 5.41 Å². The zero-order valence-electron chi connectivity index (χ0n) is 18.9. The molecule has 8 nitrogen and oxygen atoms in total. The van der Waals surface area contributed by atoms with Crippen molar-refractivity contribution in [2.75, 3.05) is 37.6 Å². The molecule has 0 aliphatic carbocycles. The SMILES string of the molecule is C=CCN1C(=O)C(C)(C)COc2ccc(NC(=O)NCc3ccc(OC)c(OC)c3)cc21. The minimum atomic E-state index is -0.674. The maximum absolute atomic E-state index is 13.0. The molecule has 0 fully saturated rings. The first-order chi connectivity index (χ1) is 15.3. The molecule has 0 unspecified atom stereocenters. The predicted molar refractivity (Wildman–Crippen MR) is 124 cm³/mol. The number of anilines is 2. The van der Waals surface area contributed by atoms with E-state index in [0.29, 0.717) is 41.7 Å². The van der Waals surface area contributed by atoms with Gasteiger partial charge in [-0.25, -0.2) is 4.79 Å². The summed E-state index contributed by atoms with van der Waals surface area (Å²) in [5, 5.41) is 5.62. The smallest absolute Gasteiger partial charge is 0.319 e. The van der Waals surface area contributed by atoms with Crippen LogP contribution in [-0.2, 0) is 11.3 Å². The largest absolute Gasteiger partial charge is 0.493 e. The number of methoxy groups -OCH3 is 2. The molecule has 2 aromatic carbocycles. The third-order valence-electron chi connectivity index (χ3n) is 5.13. The molecule has 2 aromatic rings. The van der Waals surface area contributed by atoms with Crippen LogP contribution in [0, 0.1) is 5.41 Å². The van der Waals surface area contributed by atoms with E-state index in [2.05, 4.69) is 17.2 Å². The average molecular weight is 440 g/mol. The molecule has 0 radical (unpaired) electrons. The zero-order chi connectivity index (χ0) is 23.3. The first-order valence-electron chi connectivity index (χ1n) is 10.2. The number of carbonyl (C=O) groups is 2. The molecule has 1 aliphatic heterocycles. The maximum atomic E-state index is 13.0. The third kappa shape index (κ3) is 4.96. The Morgan fingerprint density at radius 1 is 1.19 bits per heavy atom. The lowest BCUT2D eigenvalue weighted by Gasteiger charge is -2.27. The van der Waals surface area contributed by atoms with E-state index in [4.69, 9.17) is 14.2 Å². The van der Waals surface area contributed by atoms with Gasteiger partial charge in [0.1, 0.15) is 12.4 Å². The molecule has 0 saturated carbocycles. The van der Waals surface area contributed by atoms with Crippen LogP contribution in [0.25, 0.3) is 0 Å². The van der Waals surface area contributed by atoms with Crippen LogP contribution in [0.5, 0.6) is 17.2 Å². The van der Waals surface area contributed by atoms with Gasteiger partial charge in [0.25, 0.3) is 0 Å². The Balaban J connectivity index is 1.72. The van der Waals surface area contributed by atoms with Crippen molar-refractivity contribution >= 4 is 23.3 Å². The Morgan fingerprint density at radius 2 is 1.94 bits per heavy atom. The van der Waals surface area contributed by atoms with Crippen LogP contribution in [0.3, 0.4) is 0 Å². The maximum Gasteiger partial charge on any atom is 0.319 e. The average Bonchev–Trinajstić information content (AvgIpc) is 2.87. The first-order valence-corrected chi connectivity index (χ1v) is 10.2. The van der Waals surface area contributed by atoms with Crippen molar-refractivity contribution in [3.8, 4) is 17.2 Å². The van der Waals surface area contributed by atoms with Gasteiger partial charge in [-0.1, -0.05) is 12.1 Å². The molecule has 0 saturated heterocycles. The first kappa shape index (κ1) is 23.0. The second kappa shape index (κ2) is 9.64. The van der Waals surface area contributed by atoms with Crippen LogP contribution in [-0.4, -0.2) is 39.3 Å². The lowest BCUT2D eigenvalue weighted by molar-refractivity contribution is -0.127. The van der Waals surface area contributed by atoms with Crippen molar-refractivity contribution in [2.45, 2.75) is 20.4 Å². The van der Waals surface area contributed by atoms with Crippen molar-refractivity contribution in [3.05, 3.63) is 54.6 Å². The Labute approximate surface area is 188 Å². The van der Waals surface area contributed by atoms with Gasteiger partial charge >= 0.3 is 6.03 Å². The van der Waals surface area contributed by atoms with Crippen molar-refractivity contribution in [1.29, 1.82) is 0 Å². The van der Waals surface area contributed by atoms with Gasteiger partial charge in [0.2, 0.25) is 5.91 Å². The Morgan fingerprint density at radius 3 is 2.62 bits per heavy atom. The second-order valence-corrected chi connectivity index (χ2v) is 8.06. The van der Waals surface area contributed by atoms with Crippen molar-refractivity contribution in [1.82, 2.24) is 5.32 Å². The summed E-state index contributed by atoms with van der Waals surface area (Å²) in [5.74, 6) is 1.73. The summed E-state index contributed by atoms with van der Waals surface area (Å²) in [4.78, 5) is 27.1. The molecule has 0 spiro atoms. The van der Waals surface area contributed by atoms with Crippen molar-refractivity contribution < 1.29 is 23.8 Å². The number of nitrogens with one attached hydrogen (secondary N) is 2. The summed E-state index contributed by atoms with van der Waals surface area (Å²) in [5.41, 5.74) is 1.32. The number of urea groups is 1. The van der Waals surface area contributed by atoms with Crippen molar-refractivity contribution in [2.24, 2.45) is 5.41 Å². The number of nitrogens with zero attached hydrogens (tertiary/aromatic N) is 1. The number of ether oxygens (including phenoxy) is 3. The molecule has 32 heavy (non-hydrogen) atoms. The monoisotopic (exact) mass is 439 g/mol. The van der Waals surface area contributed by atoms with E-state index >= 15 is 0 Å². The Bertz CT molecular complexity index is 1020. The van der Waals surface area contributed by atoms with Gasteiger partial charge in [0, 0.05) is 18.8 Å². The van der Waals surface area contributed by atoms with Crippen LogP contribution in [0.2, 0.25) is 0 Å². The molecule has 1 aliphatic rings. The Hall–Kier alpha value is -3.68. The van der Waals surface area contributed by atoms with Crippen LogP contribution < -0.4 is 29.7 Å². The number of rotatable bonds is 7. The van der Waals surface area contributed by atoms with E-state index in [0.717, 1.165) is 5.56 Å². The molecular formula is C24H29N3O5. The number of benzene rings is 2. The number of hydrogen-bond donors (Lipinski definition) is 2. The molecule has 3 amide bonds. The van der Waals surface area contributed by atoms with Gasteiger partial charge in [-0.2, -0.15) is 0 Å². The molecule has 170 valence electrons. The quantitative estimate of drug-likeness (QED) is 0.638. The van der Waals surface area contributed by atoms with Crippen LogP contribution >= 0.6 is 0 Å². The highest BCUT2D eigenvalue weighted by molar-refractivity contribution is 6.00. The highest BCUT2D eigenvalue weighted by atomic mass is 16.5. The summed E-state index contributed by atoms with van der Waals surface area (Å²) in [6.45, 7) is 8.36. The summed E-state index contributed by atoms with van der Waals surface area (Å²) in [6.07, 6.45) is 1.67. The predicted octanol–water partition coefficient (Wildman–Crippen LogP) is 3.96. The van der Waals surface area contributed by atoms with Gasteiger partial charge in [-0.05, 0) is 49.7 Å². The number of carbonyl (C=O) groups excluding carboxylic acids is 2. The summed E-state index contributed by atoms with van der Waals surface area (Å²) >= 11 is 0. The number of hydrogen-bond acceptors (Lipinski definition) is 5. The molecule has 0 bridgehead atoms. The second-order valence-electron chi connectivity index (χ2n) is 8.06. The normalized spacial score (nSPS) is 14.5. The molecular weight excluding hydrogens is 410 g/mol. The van der Waals surface area contributed by atoms with Gasteiger partial charge in [0.05, 0.1) is 25.3 Å². The summed E-state index contributed by atoms with van der Waals surface area (Å²) in [7, 11) is 3.13. The van der Waals surface area contributed by atoms with E-state index in [1.54, 1.807) is 55.5 Å². The van der Waals surface area contributed by atoms with Gasteiger partial charge in [-0.3, -0.25) is 4.79 Å². The van der Waals surface area contributed by atoms with E-state index in [9.17, 15) is 9.59 Å². The molecule has 0 atom stereocenters. The number of fused-ring (bicyclic) bond motifs is 1. The van der Waals surface area contributed by atoms with Crippen LogP contribution in [0.4, 0.5) is 16.2 Å². The lowest BCUT2D eigenvalue weighted by atomic mass is 9.93. The summed E-state index contributed by atoms with van der Waals surface area (Å²) < 4.78 is 16.4.